The third-order valence-corrected chi connectivity index (χ3v) is 7.00. The summed E-state index contributed by atoms with van der Waals surface area (Å²) < 4.78 is 27.3. The van der Waals surface area contributed by atoms with Crippen molar-refractivity contribution in [3.8, 4) is 0 Å². The van der Waals surface area contributed by atoms with Crippen LogP contribution < -0.4 is 0 Å². The summed E-state index contributed by atoms with van der Waals surface area (Å²) in [6, 6.07) is 0.0270. The van der Waals surface area contributed by atoms with Crippen molar-refractivity contribution in [3.05, 3.63) is 0 Å². The third kappa shape index (κ3) is 4.79. The monoisotopic (exact) mass is 365 g/mol. The van der Waals surface area contributed by atoms with Crippen LogP contribution in [0.5, 0.6) is 0 Å². The molecule has 23 heavy (non-hydrogen) atoms. The lowest BCUT2D eigenvalue weighted by Crippen LogP contribution is -2.47. The minimum atomic E-state index is -3.52. The van der Waals surface area contributed by atoms with Gasteiger partial charge in [-0.15, -0.1) is 0 Å². The molecule has 1 fully saturated rings. The van der Waals surface area contributed by atoms with Gasteiger partial charge in [0.15, 0.2) is 0 Å². The van der Waals surface area contributed by atoms with Crippen LogP contribution in [0.3, 0.4) is 0 Å². The predicted octanol–water partition coefficient (Wildman–Crippen LogP) is 2.28. The molecule has 2 rings (SSSR count). The van der Waals surface area contributed by atoms with E-state index in [1.165, 1.54) is 25.8 Å². The van der Waals surface area contributed by atoms with Crippen LogP contribution in [0, 0.1) is 11.8 Å². The molecule has 0 amide bonds. The van der Waals surface area contributed by atoms with Crippen LogP contribution in [0.15, 0.2) is 4.99 Å². The molecule has 2 aliphatic rings. The maximum atomic E-state index is 11.6. The molecule has 0 aromatic rings. The number of aliphatic imine (C=N–C) groups is 1. The highest BCUT2D eigenvalue weighted by atomic mass is 32.2. The zero-order valence-electron chi connectivity index (χ0n) is 13.8. The summed E-state index contributed by atoms with van der Waals surface area (Å²) >= 11 is 1.49. The molecule has 0 spiro atoms. The molecule has 132 valence electrons. The van der Waals surface area contributed by atoms with Crippen molar-refractivity contribution < 1.29 is 28.3 Å². The number of rotatable bonds is 6. The lowest BCUT2D eigenvalue weighted by atomic mass is 9.83. The lowest BCUT2D eigenvalue weighted by Gasteiger charge is -2.40. The summed E-state index contributed by atoms with van der Waals surface area (Å²) in [5.74, 6) is 0.176. The number of hydrogen-bond acceptors (Lipinski definition) is 7. The van der Waals surface area contributed by atoms with E-state index in [-0.39, 0.29) is 48.2 Å². The molecular formula is C14H24NO6PS. The van der Waals surface area contributed by atoms with Gasteiger partial charge in [0.1, 0.15) is 12.0 Å². The highest BCUT2D eigenvalue weighted by Gasteiger charge is 2.45. The molecule has 0 radical (unpaired) electrons. The number of carbonyl (C=O) groups excluding carboxylic acids is 1. The standard InChI is InChI=1S/C14H24NO6PS/c1-8-9(2)13-14(21-11(8)7-20-10(3)16)23-12(15-13)5-6-22(17,18)19-4/h8-9,11,13-14H,5-7H2,1-4H3,(H,17,18)/t8-,9-,11+,13+,14+/m0/s1. The number of carbonyl (C=O) groups is 1. The molecule has 6 atom stereocenters. The van der Waals surface area contributed by atoms with E-state index in [0.29, 0.717) is 6.42 Å². The SMILES string of the molecule is COP(=O)(O)CCC1=N[C@@H]2[C@@H](C)[C@H](C)[C@@H](COC(C)=O)O[C@@H]2S1. The lowest BCUT2D eigenvalue weighted by molar-refractivity contribution is -0.152. The first-order valence-corrected chi connectivity index (χ1v) is 10.3. The van der Waals surface area contributed by atoms with Crippen molar-refractivity contribution in [1.82, 2.24) is 0 Å². The minimum absolute atomic E-state index is 0.0270. The summed E-state index contributed by atoms with van der Waals surface area (Å²) in [7, 11) is -2.29. The molecule has 2 aliphatic heterocycles. The van der Waals surface area contributed by atoms with Gasteiger partial charge in [-0.2, -0.15) is 0 Å². The summed E-state index contributed by atoms with van der Waals surface area (Å²) in [5, 5.41) is 0.818. The van der Waals surface area contributed by atoms with E-state index in [2.05, 4.69) is 23.4 Å². The zero-order chi connectivity index (χ0) is 17.2. The van der Waals surface area contributed by atoms with Crippen molar-refractivity contribution in [2.75, 3.05) is 19.9 Å². The fourth-order valence-electron chi connectivity index (χ4n) is 2.72. The Labute approximate surface area is 140 Å². The van der Waals surface area contributed by atoms with Gasteiger partial charge in [0.2, 0.25) is 0 Å². The smallest absolute Gasteiger partial charge is 0.328 e. The second kappa shape index (κ2) is 7.66. The fourth-order valence-corrected chi connectivity index (χ4v) is 4.87. The summed E-state index contributed by atoms with van der Waals surface area (Å²) in [4.78, 5) is 25.2. The van der Waals surface area contributed by atoms with Crippen molar-refractivity contribution in [3.63, 3.8) is 0 Å². The molecule has 2 heterocycles. The van der Waals surface area contributed by atoms with E-state index in [1.807, 2.05) is 0 Å². The summed E-state index contributed by atoms with van der Waals surface area (Å²) in [6.07, 6.45) is 0.300. The molecule has 1 unspecified atom stereocenters. The molecule has 7 nitrogen and oxygen atoms in total. The van der Waals surface area contributed by atoms with Crippen LogP contribution in [-0.4, -0.2) is 53.4 Å². The van der Waals surface area contributed by atoms with Gasteiger partial charge in [0.05, 0.1) is 23.4 Å². The zero-order valence-corrected chi connectivity index (χ0v) is 15.5. The normalized spacial score (nSPS) is 36.0. The second-order valence-electron chi connectivity index (χ2n) is 5.99. The van der Waals surface area contributed by atoms with E-state index in [1.54, 1.807) is 0 Å². The van der Waals surface area contributed by atoms with Gasteiger partial charge in [-0.25, -0.2) is 0 Å². The van der Waals surface area contributed by atoms with Crippen molar-refractivity contribution in [1.29, 1.82) is 0 Å². The van der Waals surface area contributed by atoms with Gasteiger partial charge in [-0.3, -0.25) is 14.4 Å². The van der Waals surface area contributed by atoms with Crippen LogP contribution in [0.1, 0.15) is 27.2 Å². The first kappa shape index (κ1) is 18.9. The first-order chi connectivity index (χ1) is 10.7. The van der Waals surface area contributed by atoms with Gasteiger partial charge < -0.3 is 18.9 Å². The third-order valence-electron chi connectivity index (χ3n) is 4.43. The van der Waals surface area contributed by atoms with Crippen LogP contribution in [-0.2, 0) is 23.4 Å². The largest absolute Gasteiger partial charge is 0.463 e. The number of fused-ring (bicyclic) bond motifs is 1. The molecule has 9 heteroatoms. The van der Waals surface area contributed by atoms with E-state index in [4.69, 9.17) is 9.47 Å². The van der Waals surface area contributed by atoms with Crippen LogP contribution in [0.4, 0.5) is 0 Å². The fraction of sp³-hybridized carbons (Fsp3) is 0.857. The minimum Gasteiger partial charge on any atom is -0.463 e. The van der Waals surface area contributed by atoms with Crippen molar-refractivity contribution in [2.24, 2.45) is 16.8 Å². The molecule has 1 N–H and O–H groups in total. The van der Waals surface area contributed by atoms with E-state index >= 15 is 0 Å². The topological polar surface area (TPSA) is 94.4 Å². The van der Waals surface area contributed by atoms with Crippen molar-refractivity contribution >= 4 is 30.4 Å². The Morgan fingerprint density at radius 1 is 1.43 bits per heavy atom. The van der Waals surface area contributed by atoms with E-state index in [0.717, 1.165) is 5.04 Å². The van der Waals surface area contributed by atoms with Gasteiger partial charge in [-0.1, -0.05) is 25.6 Å². The van der Waals surface area contributed by atoms with E-state index < -0.39 is 7.60 Å². The Balaban J connectivity index is 1.96. The molecule has 0 bridgehead atoms. The van der Waals surface area contributed by atoms with Gasteiger partial charge in [0.25, 0.3) is 0 Å². The second-order valence-corrected chi connectivity index (χ2v) is 9.25. The maximum absolute atomic E-state index is 11.6. The van der Waals surface area contributed by atoms with Crippen LogP contribution >= 0.6 is 19.4 Å². The Morgan fingerprint density at radius 2 is 2.13 bits per heavy atom. The molecule has 0 saturated carbocycles. The number of esters is 1. The van der Waals surface area contributed by atoms with Gasteiger partial charge in [-0.05, 0) is 11.8 Å². The molecule has 0 aliphatic carbocycles. The highest BCUT2D eigenvalue weighted by Crippen LogP contribution is 2.45. The Bertz CT molecular complexity index is 527. The number of thioether (sulfide) groups is 1. The predicted molar refractivity (Wildman–Crippen MR) is 88.8 cm³/mol. The average Bonchev–Trinajstić information content (AvgIpc) is 2.91. The Morgan fingerprint density at radius 3 is 2.74 bits per heavy atom. The average molecular weight is 365 g/mol. The molecular weight excluding hydrogens is 341 g/mol. The van der Waals surface area contributed by atoms with Gasteiger partial charge >= 0.3 is 13.6 Å². The number of hydrogen-bond donors (Lipinski definition) is 1. The Kier molecular flexibility index (Phi) is 6.30. The highest BCUT2D eigenvalue weighted by molar-refractivity contribution is 8.14. The van der Waals surface area contributed by atoms with Crippen LogP contribution in [0.2, 0.25) is 0 Å². The molecule has 0 aromatic carbocycles. The molecule has 1 saturated heterocycles. The molecule has 0 aromatic heterocycles. The van der Waals surface area contributed by atoms with E-state index in [9.17, 15) is 14.3 Å². The number of ether oxygens (including phenoxy) is 2. The summed E-state index contributed by atoms with van der Waals surface area (Å²) in [6.45, 7) is 5.81. The van der Waals surface area contributed by atoms with Gasteiger partial charge in [0, 0.05) is 20.5 Å². The summed E-state index contributed by atoms with van der Waals surface area (Å²) in [5.41, 5.74) is -0.127. The first-order valence-electron chi connectivity index (χ1n) is 7.63. The Hall–Kier alpha value is -0.400. The van der Waals surface area contributed by atoms with Crippen LogP contribution in [0.25, 0.3) is 0 Å². The number of nitrogens with zero attached hydrogens (tertiary/aromatic N) is 1. The van der Waals surface area contributed by atoms with Crippen molar-refractivity contribution in [2.45, 2.75) is 44.8 Å². The maximum Gasteiger partial charge on any atom is 0.328 e. The quantitative estimate of drug-likeness (QED) is 0.570.